The highest BCUT2D eigenvalue weighted by Gasteiger charge is 2.15. The van der Waals surface area contributed by atoms with Gasteiger partial charge in [0.25, 0.3) is 0 Å². The predicted molar refractivity (Wildman–Crippen MR) is 74.3 cm³/mol. The molecule has 5 heteroatoms. The average Bonchev–Trinajstić information content (AvgIpc) is 2.28. The zero-order valence-electron chi connectivity index (χ0n) is 10.1. The number of hydrogen-bond donors (Lipinski definition) is 2. The van der Waals surface area contributed by atoms with Crippen molar-refractivity contribution >= 4 is 29.4 Å². The minimum Gasteiger partial charge on any atom is -0.355 e. The first-order chi connectivity index (χ1) is 7.72. The fourth-order valence-corrected chi connectivity index (χ4v) is 4.26. The third-order valence-corrected chi connectivity index (χ3v) is 5.30. The zero-order chi connectivity index (χ0) is 11.8. The van der Waals surface area contributed by atoms with Gasteiger partial charge in [-0.1, -0.05) is 6.92 Å². The quantitative estimate of drug-likeness (QED) is 0.758. The molecule has 1 rings (SSSR count). The second-order valence-corrected chi connectivity index (χ2v) is 6.59. The molecule has 0 aliphatic carbocycles. The summed E-state index contributed by atoms with van der Waals surface area (Å²) in [5.41, 5.74) is 0. The van der Waals surface area contributed by atoms with E-state index in [9.17, 15) is 4.79 Å². The summed E-state index contributed by atoms with van der Waals surface area (Å²) in [5.74, 6) is 3.82. The van der Waals surface area contributed by atoms with Gasteiger partial charge in [0.2, 0.25) is 5.91 Å². The monoisotopic (exact) mass is 262 g/mol. The number of hydrogen-bond acceptors (Lipinski definition) is 4. The van der Waals surface area contributed by atoms with Crippen molar-refractivity contribution in [2.24, 2.45) is 0 Å². The standard InChI is InChI=1S/C11H22N2OS2/c1-3-12-9(2)6-11(14)13-7-10-8-15-4-5-16-10/h9-10,12H,3-8H2,1-2H3,(H,13,14). The van der Waals surface area contributed by atoms with Gasteiger partial charge < -0.3 is 10.6 Å². The van der Waals surface area contributed by atoms with Crippen molar-refractivity contribution in [3.63, 3.8) is 0 Å². The van der Waals surface area contributed by atoms with Crippen molar-refractivity contribution in [2.75, 3.05) is 30.3 Å². The maximum Gasteiger partial charge on any atom is 0.221 e. The molecule has 94 valence electrons. The minimum atomic E-state index is 0.171. The molecule has 1 aliphatic heterocycles. The van der Waals surface area contributed by atoms with E-state index in [1.54, 1.807) is 0 Å². The maximum atomic E-state index is 11.6. The summed E-state index contributed by atoms with van der Waals surface area (Å²) < 4.78 is 0. The van der Waals surface area contributed by atoms with Crippen LogP contribution in [0, 0.1) is 0 Å². The van der Waals surface area contributed by atoms with Gasteiger partial charge in [0.15, 0.2) is 0 Å². The van der Waals surface area contributed by atoms with E-state index in [1.807, 2.05) is 30.4 Å². The highest BCUT2D eigenvalue weighted by atomic mass is 32.2. The van der Waals surface area contributed by atoms with E-state index in [1.165, 1.54) is 17.3 Å². The second-order valence-electron chi connectivity index (χ2n) is 4.03. The number of amides is 1. The lowest BCUT2D eigenvalue weighted by Crippen LogP contribution is -2.37. The topological polar surface area (TPSA) is 41.1 Å². The predicted octanol–water partition coefficient (Wildman–Crippen LogP) is 1.34. The smallest absolute Gasteiger partial charge is 0.221 e. The first-order valence-electron chi connectivity index (χ1n) is 5.91. The second kappa shape index (κ2) is 8.25. The largest absolute Gasteiger partial charge is 0.355 e. The van der Waals surface area contributed by atoms with E-state index in [0.29, 0.717) is 11.7 Å². The van der Waals surface area contributed by atoms with Gasteiger partial charge in [0.05, 0.1) is 0 Å². The van der Waals surface area contributed by atoms with Crippen molar-refractivity contribution in [1.29, 1.82) is 0 Å². The van der Waals surface area contributed by atoms with Crippen LogP contribution in [0.25, 0.3) is 0 Å². The molecular formula is C11H22N2OS2. The van der Waals surface area contributed by atoms with Crippen molar-refractivity contribution in [3.05, 3.63) is 0 Å². The van der Waals surface area contributed by atoms with Gasteiger partial charge in [-0.15, -0.1) is 0 Å². The van der Waals surface area contributed by atoms with E-state index in [2.05, 4.69) is 17.6 Å². The molecular weight excluding hydrogens is 240 g/mol. The Kier molecular flexibility index (Phi) is 7.32. The third kappa shape index (κ3) is 6.01. The van der Waals surface area contributed by atoms with Crippen molar-refractivity contribution in [3.8, 4) is 0 Å². The molecule has 1 saturated heterocycles. The molecule has 1 amide bonds. The van der Waals surface area contributed by atoms with Crippen LogP contribution in [0.1, 0.15) is 20.3 Å². The van der Waals surface area contributed by atoms with E-state index in [0.717, 1.165) is 13.1 Å². The van der Waals surface area contributed by atoms with Gasteiger partial charge in [0, 0.05) is 41.5 Å². The maximum absolute atomic E-state index is 11.6. The van der Waals surface area contributed by atoms with Gasteiger partial charge in [0.1, 0.15) is 0 Å². The van der Waals surface area contributed by atoms with E-state index in [4.69, 9.17) is 0 Å². The van der Waals surface area contributed by atoms with Gasteiger partial charge in [-0.3, -0.25) is 4.79 Å². The number of thioether (sulfide) groups is 2. The Morgan fingerprint density at radius 2 is 2.31 bits per heavy atom. The molecule has 1 aliphatic rings. The minimum absolute atomic E-state index is 0.171. The number of rotatable bonds is 6. The molecule has 1 fully saturated rings. The lowest BCUT2D eigenvalue weighted by Gasteiger charge is -2.21. The lowest BCUT2D eigenvalue weighted by atomic mass is 10.2. The van der Waals surface area contributed by atoms with Crippen LogP contribution >= 0.6 is 23.5 Å². The Bertz CT molecular complexity index is 208. The van der Waals surface area contributed by atoms with Crippen LogP contribution in [0.4, 0.5) is 0 Å². The lowest BCUT2D eigenvalue weighted by molar-refractivity contribution is -0.121. The first kappa shape index (κ1) is 14.2. The Labute approximate surface area is 107 Å². The highest BCUT2D eigenvalue weighted by Crippen LogP contribution is 2.23. The Hall–Kier alpha value is 0.130. The van der Waals surface area contributed by atoms with Gasteiger partial charge >= 0.3 is 0 Å². The molecule has 2 N–H and O–H groups in total. The SMILES string of the molecule is CCNC(C)CC(=O)NCC1CSCCS1. The Balaban J connectivity index is 2.09. The molecule has 3 nitrogen and oxygen atoms in total. The summed E-state index contributed by atoms with van der Waals surface area (Å²) >= 11 is 3.98. The van der Waals surface area contributed by atoms with Crippen LogP contribution in [-0.4, -0.2) is 47.5 Å². The van der Waals surface area contributed by atoms with Crippen LogP contribution in [0.15, 0.2) is 0 Å². The van der Waals surface area contributed by atoms with Crippen LogP contribution in [-0.2, 0) is 4.79 Å². The molecule has 1 heterocycles. The molecule has 0 saturated carbocycles. The molecule has 0 aromatic carbocycles. The highest BCUT2D eigenvalue weighted by molar-refractivity contribution is 8.06. The molecule has 0 radical (unpaired) electrons. The summed E-state index contributed by atoms with van der Waals surface area (Å²) in [7, 11) is 0. The van der Waals surface area contributed by atoms with E-state index in [-0.39, 0.29) is 11.9 Å². The van der Waals surface area contributed by atoms with E-state index < -0.39 is 0 Å². The summed E-state index contributed by atoms with van der Waals surface area (Å²) in [5, 5.41) is 6.88. The van der Waals surface area contributed by atoms with Gasteiger partial charge in [-0.05, 0) is 13.5 Å². The van der Waals surface area contributed by atoms with Crippen molar-refractivity contribution in [2.45, 2.75) is 31.6 Å². The summed E-state index contributed by atoms with van der Waals surface area (Å²) in [6.45, 7) is 5.86. The number of carbonyl (C=O) groups excluding carboxylic acids is 1. The fraction of sp³-hybridized carbons (Fsp3) is 0.909. The number of nitrogens with one attached hydrogen (secondary N) is 2. The van der Waals surface area contributed by atoms with Crippen LogP contribution in [0.3, 0.4) is 0 Å². The molecule has 0 aromatic heterocycles. The third-order valence-electron chi connectivity index (χ3n) is 2.46. The molecule has 0 spiro atoms. The Morgan fingerprint density at radius 1 is 1.50 bits per heavy atom. The molecule has 2 atom stereocenters. The summed E-state index contributed by atoms with van der Waals surface area (Å²) in [6, 6.07) is 0.276. The normalized spacial score (nSPS) is 22.8. The van der Waals surface area contributed by atoms with E-state index >= 15 is 0 Å². The molecule has 2 unspecified atom stereocenters. The average molecular weight is 262 g/mol. The number of carbonyl (C=O) groups is 1. The molecule has 0 bridgehead atoms. The van der Waals surface area contributed by atoms with Crippen molar-refractivity contribution < 1.29 is 4.79 Å². The Morgan fingerprint density at radius 3 is 2.94 bits per heavy atom. The van der Waals surface area contributed by atoms with Crippen molar-refractivity contribution in [1.82, 2.24) is 10.6 Å². The van der Waals surface area contributed by atoms with Gasteiger partial charge in [-0.25, -0.2) is 0 Å². The van der Waals surface area contributed by atoms with Gasteiger partial charge in [-0.2, -0.15) is 23.5 Å². The molecule has 0 aromatic rings. The zero-order valence-corrected chi connectivity index (χ0v) is 11.8. The summed E-state index contributed by atoms with van der Waals surface area (Å²) in [6.07, 6.45) is 0.582. The van der Waals surface area contributed by atoms with Crippen LogP contribution in [0.5, 0.6) is 0 Å². The summed E-state index contributed by atoms with van der Waals surface area (Å²) in [4.78, 5) is 11.6. The van der Waals surface area contributed by atoms with Crippen LogP contribution in [0.2, 0.25) is 0 Å². The fourth-order valence-electron chi connectivity index (χ4n) is 1.65. The van der Waals surface area contributed by atoms with Crippen LogP contribution < -0.4 is 10.6 Å². The first-order valence-corrected chi connectivity index (χ1v) is 8.12. The molecule has 16 heavy (non-hydrogen) atoms.